The second-order valence-electron chi connectivity index (χ2n) is 4.33. The van der Waals surface area contributed by atoms with Gasteiger partial charge in [0.15, 0.2) is 5.22 Å². The van der Waals surface area contributed by atoms with Crippen molar-refractivity contribution in [2.24, 2.45) is 5.41 Å². The van der Waals surface area contributed by atoms with Crippen LogP contribution in [0.3, 0.4) is 0 Å². The third-order valence-electron chi connectivity index (χ3n) is 2.66. The Labute approximate surface area is 83.3 Å². The fraction of sp³-hybridized carbons (Fsp3) is 0.600. The van der Waals surface area contributed by atoms with Crippen LogP contribution < -0.4 is 5.32 Å². The standard InChI is InChI=1S/C10H14ClNO/c1-10(2)5-8(10)12-6-7-3-4-9(11)13-7/h3-4,8,12H,5-6H2,1-2H3. The summed E-state index contributed by atoms with van der Waals surface area (Å²) in [5, 5.41) is 3.89. The van der Waals surface area contributed by atoms with Gasteiger partial charge in [-0.1, -0.05) is 13.8 Å². The Kier molecular flexibility index (Phi) is 2.12. The molecule has 3 heteroatoms. The maximum Gasteiger partial charge on any atom is 0.193 e. The predicted molar refractivity (Wildman–Crippen MR) is 52.7 cm³/mol. The zero-order valence-electron chi connectivity index (χ0n) is 7.93. The highest BCUT2D eigenvalue weighted by Crippen LogP contribution is 2.44. The first kappa shape index (κ1) is 9.10. The summed E-state index contributed by atoms with van der Waals surface area (Å²) < 4.78 is 5.23. The van der Waals surface area contributed by atoms with Gasteiger partial charge in [0.2, 0.25) is 0 Å². The molecular formula is C10H14ClNO. The van der Waals surface area contributed by atoms with Crippen LogP contribution >= 0.6 is 11.6 Å². The van der Waals surface area contributed by atoms with Gasteiger partial charge in [0, 0.05) is 6.04 Å². The van der Waals surface area contributed by atoms with E-state index in [0.717, 1.165) is 12.3 Å². The van der Waals surface area contributed by atoms with Crippen molar-refractivity contribution in [3.05, 3.63) is 23.1 Å². The summed E-state index contributed by atoms with van der Waals surface area (Å²) in [7, 11) is 0. The normalized spacial score (nSPS) is 24.7. The molecule has 0 amide bonds. The topological polar surface area (TPSA) is 25.2 Å². The Hall–Kier alpha value is -0.470. The molecule has 1 saturated carbocycles. The molecule has 1 aliphatic rings. The van der Waals surface area contributed by atoms with Gasteiger partial charge < -0.3 is 9.73 Å². The van der Waals surface area contributed by atoms with Gasteiger partial charge in [-0.2, -0.15) is 0 Å². The number of furan rings is 1. The van der Waals surface area contributed by atoms with Crippen LogP contribution in [0.2, 0.25) is 5.22 Å². The van der Waals surface area contributed by atoms with Gasteiger partial charge in [0.1, 0.15) is 5.76 Å². The van der Waals surface area contributed by atoms with Crippen LogP contribution in [0, 0.1) is 5.41 Å². The van der Waals surface area contributed by atoms with Crippen molar-refractivity contribution in [1.29, 1.82) is 0 Å². The second-order valence-corrected chi connectivity index (χ2v) is 4.70. The van der Waals surface area contributed by atoms with E-state index in [9.17, 15) is 0 Å². The highest BCUT2D eigenvalue weighted by atomic mass is 35.5. The minimum absolute atomic E-state index is 0.465. The van der Waals surface area contributed by atoms with Crippen molar-refractivity contribution in [3.63, 3.8) is 0 Å². The zero-order chi connectivity index (χ0) is 9.47. The van der Waals surface area contributed by atoms with Crippen LogP contribution in [0.15, 0.2) is 16.5 Å². The molecule has 1 unspecified atom stereocenters. The van der Waals surface area contributed by atoms with Gasteiger partial charge >= 0.3 is 0 Å². The molecule has 0 aliphatic heterocycles. The van der Waals surface area contributed by atoms with E-state index in [-0.39, 0.29) is 0 Å². The molecule has 1 atom stereocenters. The minimum atomic E-state index is 0.465. The number of nitrogens with one attached hydrogen (secondary N) is 1. The Balaban J connectivity index is 1.81. The molecule has 13 heavy (non-hydrogen) atoms. The summed E-state index contributed by atoms with van der Waals surface area (Å²) in [4.78, 5) is 0. The Bertz CT molecular complexity index is 306. The van der Waals surface area contributed by atoms with Crippen LogP contribution in [-0.2, 0) is 6.54 Å². The lowest BCUT2D eigenvalue weighted by atomic mass is 10.2. The smallest absolute Gasteiger partial charge is 0.193 e. The molecule has 1 heterocycles. The van der Waals surface area contributed by atoms with E-state index in [1.807, 2.05) is 6.07 Å². The van der Waals surface area contributed by atoms with Crippen molar-refractivity contribution in [2.45, 2.75) is 32.9 Å². The fourth-order valence-electron chi connectivity index (χ4n) is 1.49. The molecule has 72 valence electrons. The van der Waals surface area contributed by atoms with Crippen LogP contribution in [-0.4, -0.2) is 6.04 Å². The summed E-state index contributed by atoms with van der Waals surface area (Å²) in [5.41, 5.74) is 0.469. The van der Waals surface area contributed by atoms with Gasteiger partial charge in [-0.3, -0.25) is 0 Å². The van der Waals surface area contributed by atoms with E-state index in [4.69, 9.17) is 16.0 Å². The van der Waals surface area contributed by atoms with Gasteiger partial charge in [-0.25, -0.2) is 0 Å². The molecule has 1 aromatic heterocycles. The maximum atomic E-state index is 5.65. The molecule has 0 bridgehead atoms. The van der Waals surface area contributed by atoms with Crippen molar-refractivity contribution in [2.75, 3.05) is 0 Å². The molecular weight excluding hydrogens is 186 g/mol. The van der Waals surface area contributed by atoms with Crippen LogP contribution in [0.4, 0.5) is 0 Å². The predicted octanol–water partition coefficient (Wildman–Crippen LogP) is 2.82. The zero-order valence-corrected chi connectivity index (χ0v) is 8.69. The van der Waals surface area contributed by atoms with E-state index < -0.39 is 0 Å². The molecule has 0 radical (unpaired) electrons. The largest absolute Gasteiger partial charge is 0.448 e. The van der Waals surface area contributed by atoms with Crippen LogP contribution in [0.1, 0.15) is 26.0 Å². The highest BCUT2D eigenvalue weighted by molar-refractivity contribution is 6.28. The van der Waals surface area contributed by atoms with Gasteiger partial charge in [-0.15, -0.1) is 0 Å². The van der Waals surface area contributed by atoms with Crippen LogP contribution in [0.5, 0.6) is 0 Å². The average molecular weight is 200 g/mol. The van der Waals surface area contributed by atoms with Crippen molar-refractivity contribution >= 4 is 11.6 Å². The van der Waals surface area contributed by atoms with Gasteiger partial charge in [0.05, 0.1) is 6.54 Å². The second kappa shape index (κ2) is 3.03. The lowest BCUT2D eigenvalue weighted by Gasteiger charge is -2.03. The molecule has 1 fully saturated rings. The number of rotatable bonds is 3. The van der Waals surface area contributed by atoms with E-state index in [1.165, 1.54) is 6.42 Å². The Morgan fingerprint density at radius 2 is 2.31 bits per heavy atom. The summed E-state index contributed by atoms with van der Waals surface area (Å²) in [6, 6.07) is 4.32. The number of hydrogen-bond acceptors (Lipinski definition) is 2. The van der Waals surface area contributed by atoms with Crippen molar-refractivity contribution in [1.82, 2.24) is 5.32 Å². The van der Waals surface area contributed by atoms with Crippen molar-refractivity contribution in [3.8, 4) is 0 Å². The summed E-state index contributed by atoms with van der Waals surface area (Å²) >= 11 is 5.65. The lowest BCUT2D eigenvalue weighted by molar-refractivity contribution is 0.464. The molecule has 1 aliphatic carbocycles. The quantitative estimate of drug-likeness (QED) is 0.810. The molecule has 1 N–H and O–H groups in total. The van der Waals surface area contributed by atoms with E-state index in [1.54, 1.807) is 6.07 Å². The summed E-state index contributed by atoms with van der Waals surface area (Å²) in [6.07, 6.45) is 1.25. The summed E-state index contributed by atoms with van der Waals surface area (Å²) in [5.74, 6) is 0.910. The Morgan fingerprint density at radius 3 is 2.77 bits per heavy atom. The first-order valence-corrected chi connectivity index (χ1v) is 4.93. The van der Waals surface area contributed by atoms with E-state index in [0.29, 0.717) is 16.7 Å². The third-order valence-corrected chi connectivity index (χ3v) is 2.87. The van der Waals surface area contributed by atoms with Gasteiger partial charge in [0.25, 0.3) is 0 Å². The highest BCUT2D eigenvalue weighted by Gasteiger charge is 2.45. The molecule has 2 nitrogen and oxygen atoms in total. The van der Waals surface area contributed by atoms with E-state index >= 15 is 0 Å². The van der Waals surface area contributed by atoms with Crippen molar-refractivity contribution < 1.29 is 4.42 Å². The minimum Gasteiger partial charge on any atom is -0.448 e. The fourth-order valence-corrected chi connectivity index (χ4v) is 1.65. The first-order valence-electron chi connectivity index (χ1n) is 4.55. The molecule has 1 aromatic rings. The number of hydrogen-bond donors (Lipinski definition) is 1. The van der Waals surface area contributed by atoms with E-state index in [2.05, 4.69) is 19.2 Å². The SMILES string of the molecule is CC1(C)CC1NCc1ccc(Cl)o1. The molecule has 0 saturated heterocycles. The number of halogens is 1. The van der Waals surface area contributed by atoms with Gasteiger partial charge in [-0.05, 0) is 35.6 Å². The molecule has 2 rings (SSSR count). The Morgan fingerprint density at radius 1 is 1.62 bits per heavy atom. The third kappa shape index (κ3) is 2.06. The monoisotopic (exact) mass is 199 g/mol. The first-order chi connectivity index (χ1) is 6.08. The lowest BCUT2D eigenvalue weighted by Crippen LogP contribution is -2.19. The average Bonchev–Trinajstić information content (AvgIpc) is 2.45. The molecule has 0 aromatic carbocycles. The van der Waals surface area contributed by atoms with Crippen LogP contribution in [0.25, 0.3) is 0 Å². The maximum absolute atomic E-state index is 5.65. The molecule has 0 spiro atoms. The summed E-state index contributed by atoms with van der Waals surface area (Å²) in [6.45, 7) is 5.31.